The molecule has 2 heteroatoms. The minimum absolute atomic E-state index is 0.0142. The van der Waals surface area contributed by atoms with E-state index >= 15 is 0 Å². The zero-order chi connectivity index (χ0) is 9.84. The summed E-state index contributed by atoms with van der Waals surface area (Å²) in [6, 6.07) is 6.08. The van der Waals surface area contributed by atoms with Gasteiger partial charge in [0.1, 0.15) is 0 Å². The normalized spacial score (nSPS) is 10.1. The number of hydrogen-bond donors (Lipinski definition) is 0. The van der Waals surface area contributed by atoms with Crippen molar-refractivity contribution in [2.45, 2.75) is 26.7 Å². The van der Waals surface area contributed by atoms with Crippen LogP contribution in [-0.4, -0.2) is 4.69 Å². The highest BCUT2D eigenvalue weighted by Crippen LogP contribution is 2.16. The van der Waals surface area contributed by atoms with Crippen LogP contribution < -0.4 is 0 Å². The predicted octanol–water partition coefficient (Wildman–Crippen LogP) is 3.35. The molecular weight excluding hydrogens is 228 g/mol. The Morgan fingerprint density at radius 2 is 2.00 bits per heavy atom. The van der Waals surface area contributed by atoms with Gasteiger partial charge in [0.05, 0.1) is 0 Å². The van der Waals surface area contributed by atoms with E-state index in [-0.39, 0.29) is 4.69 Å². The molecule has 0 atom stereocenters. The zero-order valence-electron chi connectivity index (χ0n) is 7.93. The third kappa shape index (κ3) is 2.41. The Labute approximate surface area is 87.3 Å². The van der Waals surface area contributed by atoms with Gasteiger partial charge in [0, 0.05) is 5.56 Å². The molecule has 0 aromatic heterocycles. The van der Waals surface area contributed by atoms with Gasteiger partial charge >= 0.3 is 0 Å². The van der Waals surface area contributed by atoms with Crippen molar-refractivity contribution in [2.75, 3.05) is 0 Å². The maximum absolute atomic E-state index is 11.2. The van der Waals surface area contributed by atoms with Gasteiger partial charge in [0.2, 0.25) is 4.69 Å². The Bertz CT molecular complexity index is 318. The maximum Gasteiger partial charge on any atom is 0.228 e. The highest BCUT2D eigenvalue weighted by molar-refractivity contribution is 9.18. The quantitative estimate of drug-likeness (QED) is 0.741. The van der Waals surface area contributed by atoms with Crippen LogP contribution in [-0.2, 0) is 12.8 Å². The SMILES string of the molecule is CCc1ccc(CC)c(C(=O)Br)c1. The number of carbonyl (C=O) groups excluding carboxylic acids is 1. The van der Waals surface area contributed by atoms with E-state index in [1.165, 1.54) is 5.56 Å². The van der Waals surface area contributed by atoms with Crippen LogP contribution in [0.2, 0.25) is 0 Å². The third-order valence-corrected chi connectivity index (χ3v) is 2.60. The molecule has 0 aliphatic rings. The van der Waals surface area contributed by atoms with E-state index in [9.17, 15) is 4.79 Å². The first-order valence-electron chi connectivity index (χ1n) is 4.50. The molecule has 0 N–H and O–H groups in total. The average molecular weight is 241 g/mol. The van der Waals surface area contributed by atoms with Crippen LogP contribution in [0.1, 0.15) is 35.3 Å². The molecular formula is C11H13BrO. The molecule has 0 fully saturated rings. The Morgan fingerprint density at radius 3 is 2.46 bits per heavy atom. The molecule has 0 aliphatic heterocycles. The lowest BCUT2D eigenvalue weighted by molar-refractivity contribution is 0.109. The van der Waals surface area contributed by atoms with Gasteiger partial charge in [-0.2, -0.15) is 0 Å². The second-order valence-corrected chi connectivity index (χ2v) is 3.69. The molecule has 70 valence electrons. The van der Waals surface area contributed by atoms with Gasteiger partial charge in [-0.3, -0.25) is 4.79 Å². The highest BCUT2D eigenvalue weighted by atomic mass is 79.9. The fraction of sp³-hybridized carbons (Fsp3) is 0.364. The summed E-state index contributed by atoms with van der Waals surface area (Å²) in [5, 5.41) is 0. The second kappa shape index (κ2) is 4.56. The monoisotopic (exact) mass is 240 g/mol. The molecule has 0 heterocycles. The van der Waals surface area contributed by atoms with Crippen molar-refractivity contribution in [3.8, 4) is 0 Å². The zero-order valence-corrected chi connectivity index (χ0v) is 9.52. The van der Waals surface area contributed by atoms with Crippen LogP contribution in [0.25, 0.3) is 0 Å². The number of carbonyl (C=O) groups is 1. The van der Waals surface area contributed by atoms with Crippen LogP contribution in [0.4, 0.5) is 0 Å². The third-order valence-electron chi connectivity index (χ3n) is 2.18. The van der Waals surface area contributed by atoms with Crippen molar-refractivity contribution in [3.63, 3.8) is 0 Å². The van der Waals surface area contributed by atoms with Crippen LogP contribution in [0.3, 0.4) is 0 Å². The first-order chi connectivity index (χ1) is 6.19. The van der Waals surface area contributed by atoms with E-state index in [0.717, 1.165) is 24.0 Å². The standard InChI is InChI=1S/C11H13BrO/c1-3-8-5-6-9(4-2)10(7-8)11(12)13/h5-7H,3-4H2,1-2H3. The van der Waals surface area contributed by atoms with Gasteiger partial charge in [0.15, 0.2) is 0 Å². The number of benzene rings is 1. The average Bonchev–Trinajstić information content (AvgIpc) is 2.16. The fourth-order valence-corrected chi connectivity index (χ4v) is 1.70. The molecule has 0 unspecified atom stereocenters. The summed E-state index contributed by atoms with van der Waals surface area (Å²) < 4.78 is -0.0142. The van der Waals surface area contributed by atoms with E-state index in [1.807, 2.05) is 12.1 Å². The smallest absolute Gasteiger partial charge is 0.228 e. The Kier molecular flexibility index (Phi) is 3.67. The van der Waals surface area contributed by atoms with Crippen LogP contribution in [0, 0.1) is 0 Å². The Balaban J connectivity index is 3.18. The van der Waals surface area contributed by atoms with Gasteiger partial charge < -0.3 is 0 Å². The van der Waals surface area contributed by atoms with Gasteiger partial charge in [0.25, 0.3) is 0 Å². The lowest BCUT2D eigenvalue weighted by Crippen LogP contribution is -1.97. The highest BCUT2D eigenvalue weighted by Gasteiger charge is 2.07. The Hall–Kier alpha value is -0.630. The van der Waals surface area contributed by atoms with Crippen molar-refractivity contribution in [1.82, 2.24) is 0 Å². The molecule has 0 saturated heterocycles. The summed E-state index contributed by atoms with van der Waals surface area (Å²) in [4.78, 5) is 11.2. The van der Waals surface area contributed by atoms with E-state index in [4.69, 9.17) is 0 Å². The molecule has 0 saturated carbocycles. The molecule has 0 amide bonds. The summed E-state index contributed by atoms with van der Waals surface area (Å²) in [7, 11) is 0. The van der Waals surface area contributed by atoms with Gasteiger partial charge in [-0.05, 0) is 46.0 Å². The summed E-state index contributed by atoms with van der Waals surface area (Å²) in [5.74, 6) is 0. The molecule has 1 nitrogen and oxygen atoms in total. The molecule has 0 radical (unpaired) electrons. The van der Waals surface area contributed by atoms with Crippen molar-refractivity contribution in [2.24, 2.45) is 0 Å². The summed E-state index contributed by atoms with van der Waals surface area (Å²) in [6.07, 6.45) is 1.87. The molecule has 1 rings (SSSR count). The van der Waals surface area contributed by atoms with Crippen molar-refractivity contribution < 1.29 is 4.79 Å². The summed E-state index contributed by atoms with van der Waals surface area (Å²) in [6.45, 7) is 4.14. The lowest BCUT2D eigenvalue weighted by atomic mass is 10.0. The number of hydrogen-bond acceptors (Lipinski definition) is 1. The minimum atomic E-state index is -0.0142. The number of aryl methyl sites for hydroxylation is 2. The number of rotatable bonds is 3. The van der Waals surface area contributed by atoms with Crippen LogP contribution in [0.5, 0.6) is 0 Å². The van der Waals surface area contributed by atoms with Gasteiger partial charge in [-0.15, -0.1) is 0 Å². The molecule has 13 heavy (non-hydrogen) atoms. The molecule has 0 bridgehead atoms. The molecule has 1 aromatic rings. The number of halogens is 1. The Morgan fingerprint density at radius 1 is 1.31 bits per heavy atom. The van der Waals surface area contributed by atoms with Crippen molar-refractivity contribution in [1.29, 1.82) is 0 Å². The lowest BCUT2D eigenvalue weighted by Gasteiger charge is -2.05. The largest absolute Gasteiger partial charge is 0.281 e. The van der Waals surface area contributed by atoms with E-state index < -0.39 is 0 Å². The van der Waals surface area contributed by atoms with Crippen LogP contribution in [0.15, 0.2) is 18.2 Å². The molecule has 1 aromatic carbocycles. The van der Waals surface area contributed by atoms with Crippen LogP contribution >= 0.6 is 15.9 Å². The van der Waals surface area contributed by atoms with Crippen molar-refractivity contribution >= 4 is 20.6 Å². The molecule has 0 aliphatic carbocycles. The van der Waals surface area contributed by atoms with Gasteiger partial charge in [-0.25, -0.2) is 0 Å². The topological polar surface area (TPSA) is 17.1 Å². The predicted molar refractivity (Wildman–Crippen MR) is 58.5 cm³/mol. The van der Waals surface area contributed by atoms with E-state index in [2.05, 4.69) is 35.8 Å². The minimum Gasteiger partial charge on any atom is -0.281 e. The second-order valence-electron chi connectivity index (χ2n) is 2.97. The van der Waals surface area contributed by atoms with E-state index in [1.54, 1.807) is 0 Å². The summed E-state index contributed by atoms with van der Waals surface area (Å²) in [5.41, 5.74) is 3.13. The van der Waals surface area contributed by atoms with Crippen molar-refractivity contribution in [3.05, 3.63) is 34.9 Å². The van der Waals surface area contributed by atoms with Gasteiger partial charge in [-0.1, -0.05) is 26.0 Å². The fourth-order valence-electron chi connectivity index (χ4n) is 1.33. The first kappa shape index (κ1) is 10.5. The first-order valence-corrected chi connectivity index (χ1v) is 5.30. The maximum atomic E-state index is 11.2. The summed E-state index contributed by atoms with van der Waals surface area (Å²) >= 11 is 3.00. The molecule has 0 spiro atoms. The van der Waals surface area contributed by atoms with E-state index in [0.29, 0.717) is 0 Å².